The van der Waals surface area contributed by atoms with Crippen LogP contribution in [0.3, 0.4) is 0 Å². The molecule has 0 aliphatic carbocycles. The zero-order valence-corrected chi connectivity index (χ0v) is 13.9. The van der Waals surface area contributed by atoms with Crippen molar-refractivity contribution in [1.29, 1.82) is 0 Å². The van der Waals surface area contributed by atoms with Crippen molar-refractivity contribution in [3.8, 4) is 11.5 Å². The Kier molecular flexibility index (Phi) is 4.61. The third-order valence-corrected chi connectivity index (χ3v) is 4.36. The number of ether oxygens (including phenoxy) is 1. The SMILES string of the molecule is CC1(C(=O)O)CCN(C(=O)Nc2ccc(Oc3ccccc3)cc2)C1. The molecule has 0 aromatic heterocycles. The van der Waals surface area contributed by atoms with Crippen molar-refractivity contribution < 1.29 is 19.4 Å². The standard InChI is InChI=1S/C19H20N2O4/c1-19(17(22)23)11-12-21(13-19)18(24)20-14-7-9-16(10-8-14)25-15-5-3-2-4-6-15/h2-10H,11-13H2,1H3,(H,20,24)(H,22,23). The summed E-state index contributed by atoms with van der Waals surface area (Å²) >= 11 is 0. The molecule has 2 aromatic rings. The first kappa shape index (κ1) is 16.8. The second-order valence-corrected chi connectivity index (χ2v) is 6.41. The summed E-state index contributed by atoms with van der Waals surface area (Å²) in [5.41, 5.74) is -0.237. The highest BCUT2D eigenvalue weighted by molar-refractivity contribution is 5.90. The maximum atomic E-state index is 12.3. The summed E-state index contributed by atoms with van der Waals surface area (Å²) in [7, 11) is 0. The van der Waals surface area contributed by atoms with Gasteiger partial charge in [0.25, 0.3) is 0 Å². The number of aliphatic carboxylic acids is 1. The van der Waals surface area contributed by atoms with Gasteiger partial charge in [-0.2, -0.15) is 0 Å². The number of urea groups is 1. The molecule has 6 heteroatoms. The van der Waals surface area contributed by atoms with Crippen LogP contribution in [0, 0.1) is 5.41 Å². The second-order valence-electron chi connectivity index (χ2n) is 6.41. The Morgan fingerprint density at radius 1 is 1.08 bits per heavy atom. The van der Waals surface area contributed by atoms with Crippen LogP contribution >= 0.6 is 0 Å². The molecule has 0 spiro atoms. The van der Waals surface area contributed by atoms with E-state index in [9.17, 15) is 14.7 Å². The van der Waals surface area contributed by atoms with Crippen LogP contribution in [-0.4, -0.2) is 35.1 Å². The highest BCUT2D eigenvalue weighted by Gasteiger charge is 2.42. The van der Waals surface area contributed by atoms with Crippen LogP contribution in [0.15, 0.2) is 54.6 Å². The van der Waals surface area contributed by atoms with Gasteiger partial charge in [-0.05, 0) is 49.7 Å². The molecule has 1 aliphatic heterocycles. The number of para-hydroxylation sites is 1. The number of benzene rings is 2. The molecule has 1 fully saturated rings. The molecule has 25 heavy (non-hydrogen) atoms. The van der Waals surface area contributed by atoms with Gasteiger partial charge in [0.1, 0.15) is 11.5 Å². The van der Waals surface area contributed by atoms with Crippen LogP contribution in [0.4, 0.5) is 10.5 Å². The van der Waals surface area contributed by atoms with Crippen LogP contribution in [0.25, 0.3) is 0 Å². The van der Waals surface area contributed by atoms with E-state index in [4.69, 9.17) is 4.74 Å². The number of carbonyl (C=O) groups excluding carboxylic acids is 1. The Bertz CT molecular complexity index is 761. The highest BCUT2D eigenvalue weighted by Crippen LogP contribution is 2.30. The quantitative estimate of drug-likeness (QED) is 0.887. The number of anilines is 1. The molecule has 6 nitrogen and oxygen atoms in total. The van der Waals surface area contributed by atoms with Gasteiger partial charge in [0.15, 0.2) is 0 Å². The number of carbonyl (C=O) groups is 2. The average Bonchev–Trinajstić information content (AvgIpc) is 3.02. The predicted molar refractivity (Wildman–Crippen MR) is 93.9 cm³/mol. The summed E-state index contributed by atoms with van der Waals surface area (Å²) < 4.78 is 5.70. The topological polar surface area (TPSA) is 78.9 Å². The van der Waals surface area contributed by atoms with E-state index >= 15 is 0 Å². The first-order chi connectivity index (χ1) is 12.0. The van der Waals surface area contributed by atoms with E-state index in [1.807, 2.05) is 30.3 Å². The van der Waals surface area contributed by atoms with Gasteiger partial charge in [-0.1, -0.05) is 18.2 Å². The third-order valence-electron chi connectivity index (χ3n) is 4.36. The molecule has 1 atom stereocenters. The minimum atomic E-state index is -0.870. The summed E-state index contributed by atoms with van der Waals surface area (Å²) in [6.45, 7) is 2.31. The van der Waals surface area contributed by atoms with Crippen molar-refractivity contribution in [2.75, 3.05) is 18.4 Å². The highest BCUT2D eigenvalue weighted by atomic mass is 16.5. The second kappa shape index (κ2) is 6.84. The number of amides is 2. The zero-order valence-electron chi connectivity index (χ0n) is 13.9. The van der Waals surface area contributed by atoms with Gasteiger partial charge in [0, 0.05) is 18.8 Å². The van der Waals surface area contributed by atoms with Gasteiger partial charge in [0.2, 0.25) is 0 Å². The molecular formula is C19H20N2O4. The van der Waals surface area contributed by atoms with Gasteiger partial charge in [-0.15, -0.1) is 0 Å². The van der Waals surface area contributed by atoms with Crippen LogP contribution in [-0.2, 0) is 4.79 Å². The van der Waals surface area contributed by atoms with Crippen molar-refractivity contribution in [2.45, 2.75) is 13.3 Å². The number of hydrogen-bond donors (Lipinski definition) is 2. The van der Waals surface area contributed by atoms with Crippen molar-refractivity contribution in [2.24, 2.45) is 5.41 Å². The number of carboxylic acids is 1. The molecule has 0 bridgehead atoms. The molecular weight excluding hydrogens is 320 g/mol. The number of hydrogen-bond acceptors (Lipinski definition) is 3. The van der Waals surface area contributed by atoms with E-state index in [0.29, 0.717) is 24.4 Å². The number of nitrogens with zero attached hydrogens (tertiary/aromatic N) is 1. The number of rotatable bonds is 4. The minimum Gasteiger partial charge on any atom is -0.481 e. The van der Waals surface area contributed by atoms with Crippen molar-refractivity contribution in [1.82, 2.24) is 4.90 Å². The smallest absolute Gasteiger partial charge is 0.321 e. The fourth-order valence-corrected chi connectivity index (χ4v) is 2.74. The zero-order chi connectivity index (χ0) is 17.9. The first-order valence-corrected chi connectivity index (χ1v) is 8.09. The normalized spacial score (nSPS) is 19.5. The van der Waals surface area contributed by atoms with Gasteiger partial charge >= 0.3 is 12.0 Å². The van der Waals surface area contributed by atoms with Gasteiger partial charge in [-0.25, -0.2) is 4.79 Å². The summed E-state index contributed by atoms with van der Waals surface area (Å²) in [6.07, 6.45) is 0.458. The maximum Gasteiger partial charge on any atom is 0.321 e. The number of carboxylic acid groups (broad SMARTS) is 1. The lowest BCUT2D eigenvalue weighted by atomic mass is 9.90. The Morgan fingerprint density at radius 2 is 1.72 bits per heavy atom. The Morgan fingerprint density at radius 3 is 2.32 bits per heavy atom. The van der Waals surface area contributed by atoms with Gasteiger partial charge in [-0.3, -0.25) is 4.79 Å². The van der Waals surface area contributed by atoms with E-state index < -0.39 is 11.4 Å². The van der Waals surface area contributed by atoms with Crippen molar-refractivity contribution >= 4 is 17.7 Å². The predicted octanol–water partition coefficient (Wildman–Crippen LogP) is 3.81. The van der Waals surface area contributed by atoms with E-state index in [-0.39, 0.29) is 12.6 Å². The fourth-order valence-electron chi connectivity index (χ4n) is 2.74. The summed E-state index contributed by atoms with van der Waals surface area (Å²) in [6, 6.07) is 16.2. The Labute approximate surface area is 146 Å². The minimum absolute atomic E-state index is 0.212. The Balaban J connectivity index is 1.58. The van der Waals surface area contributed by atoms with E-state index in [0.717, 1.165) is 5.75 Å². The molecule has 3 rings (SSSR count). The molecule has 130 valence electrons. The molecule has 1 saturated heterocycles. The summed E-state index contributed by atoms with van der Waals surface area (Å²) in [5.74, 6) is 0.540. The lowest BCUT2D eigenvalue weighted by Gasteiger charge is -2.20. The molecule has 0 radical (unpaired) electrons. The lowest BCUT2D eigenvalue weighted by molar-refractivity contribution is -0.146. The van der Waals surface area contributed by atoms with E-state index in [1.165, 1.54) is 4.90 Å². The third kappa shape index (κ3) is 3.91. The fraction of sp³-hybridized carbons (Fsp3) is 0.263. The molecule has 1 heterocycles. The summed E-state index contributed by atoms with van der Waals surface area (Å²) in [5, 5.41) is 12.0. The molecule has 1 unspecified atom stereocenters. The average molecular weight is 340 g/mol. The van der Waals surface area contributed by atoms with Crippen molar-refractivity contribution in [3.63, 3.8) is 0 Å². The van der Waals surface area contributed by atoms with Gasteiger partial charge < -0.3 is 20.1 Å². The maximum absolute atomic E-state index is 12.3. The largest absolute Gasteiger partial charge is 0.481 e. The molecule has 2 amide bonds. The van der Waals surface area contributed by atoms with Crippen molar-refractivity contribution in [3.05, 3.63) is 54.6 Å². The van der Waals surface area contributed by atoms with Crippen LogP contribution in [0.1, 0.15) is 13.3 Å². The van der Waals surface area contributed by atoms with E-state index in [1.54, 1.807) is 31.2 Å². The van der Waals surface area contributed by atoms with Crippen LogP contribution in [0.5, 0.6) is 11.5 Å². The molecule has 2 N–H and O–H groups in total. The van der Waals surface area contributed by atoms with Crippen LogP contribution < -0.4 is 10.1 Å². The molecule has 1 aliphatic rings. The van der Waals surface area contributed by atoms with E-state index in [2.05, 4.69) is 5.32 Å². The molecule has 2 aromatic carbocycles. The van der Waals surface area contributed by atoms with Gasteiger partial charge in [0.05, 0.1) is 5.41 Å². The number of nitrogens with one attached hydrogen (secondary N) is 1. The Hall–Kier alpha value is -3.02. The number of likely N-dealkylation sites (tertiary alicyclic amines) is 1. The molecule has 0 saturated carbocycles. The monoisotopic (exact) mass is 340 g/mol. The lowest BCUT2D eigenvalue weighted by Crippen LogP contribution is -2.37. The summed E-state index contributed by atoms with van der Waals surface area (Å²) in [4.78, 5) is 25.1. The first-order valence-electron chi connectivity index (χ1n) is 8.09. The van der Waals surface area contributed by atoms with Crippen LogP contribution in [0.2, 0.25) is 0 Å².